The van der Waals surface area contributed by atoms with E-state index in [0.29, 0.717) is 34.4 Å². The van der Waals surface area contributed by atoms with Crippen molar-refractivity contribution < 1.29 is 14.7 Å². The number of likely N-dealkylation sites (tertiary alicyclic amines) is 1. The topological polar surface area (TPSA) is 74.9 Å². The number of halogens is 2. The van der Waals surface area contributed by atoms with Crippen molar-refractivity contribution in [1.29, 1.82) is 0 Å². The van der Waals surface area contributed by atoms with E-state index in [9.17, 15) is 14.7 Å². The normalized spacial score (nSPS) is 18.3. The van der Waals surface area contributed by atoms with Gasteiger partial charge in [0.1, 0.15) is 6.04 Å². The number of carboxylic acid groups (broad SMARTS) is 1. The predicted molar refractivity (Wildman–Crippen MR) is 85.9 cm³/mol. The van der Waals surface area contributed by atoms with Gasteiger partial charge in [-0.25, -0.2) is 9.78 Å². The van der Waals surface area contributed by atoms with Gasteiger partial charge in [0.25, 0.3) is 0 Å². The number of carbonyl (C=O) groups excluding carboxylic acids is 1. The molecule has 1 unspecified atom stereocenters. The summed E-state index contributed by atoms with van der Waals surface area (Å²) in [5, 5.41) is 10.1. The Hall–Kier alpha value is -1.79. The molecule has 1 amide bonds. The van der Waals surface area contributed by atoms with Gasteiger partial charge in [0, 0.05) is 18.9 Å². The van der Waals surface area contributed by atoms with Crippen LogP contribution in [0.15, 0.2) is 18.5 Å². The maximum atomic E-state index is 12.5. The number of aromatic nitrogens is 2. The summed E-state index contributed by atoms with van der Waals surface area (Å²) < 4.78 is 1.66. The molecule has 8 heteroatoms. The Bertz CT molecular complexity index is 775. The summed E-state index contributed by atoms with van der Waals surface area (Å²) in [7, 11) is 0. The fourth-order valence-corrected chi connectivity index (χ4v) is 3.43. The van der Waals surface area contributed by atoms with Crippen molar-refractivity contribution in [2.24, 2.45) is 0 Å². The summed E-state index contributed by atoms with van der Waals surface area (Å²) in [5.41, 5.74) is 1.06. The highest BCUT2D eigenvalue weighted by Crippen LogP contribution is 2.23. The molecule has 0 saturated carbocycles. The zero-order valence-corrected chi connectivity index (χ0v) is 13.7. The van der Waals surface area contributed by atoms with E-state index in [2.05, 4.69) is 4.98 Å². The molecule has 1 fully saturated rings. The molecule has 2 aromatic rings. The molecule has 0 aromatic carbocycles. The number of piperidine rings is 1. The number of carbonyl (C=O) groups is 2. The van der Waals surface area contributed by atoms with Crippen LogP contribution in [-0.4, -0.2) is 43.9 Å². The van der Waals surface area contributed by atoms with Crippen molar-refractivity contribution in [3.63, 3.8) is 0 Å². The molecule has 1 atom stereocenters. The molecule has 23 heavy (non-hydrogen) atoms. The molecular weight excluding hydrogens is 341 g/mol. The first-order chi connectivity index (χ1) is 11.0. The molecule has 1 N–H and O–H groups in total. The number of amides is 1. The predicted octanol–water partition coefficient (Wildman–Crippen LogP) is 2.65. The molecule has 1 aliphatic heterocycles. The van der Waals surface area contributed by atoms with Crippen molar-refractivity contribution >= 4 is 40.7 Å². The number of aliphatic carboxylic acids is 1. The summed E-state index contributed by atoms with van der Waals surface area (Å²) >= 11 is 12.0. The van der Waals surface area contributed by atoms with Gasteiger partial charge in [-0.3, -0.25) is 4.79 Å². The number of rotatable bonds is 3. The van der Waals surface area contributed by atoms with E-state index < -0.39 is 12.0 Å². The van der Waals surface area contributed by atoms with Crippen molar-refractivity contribution in [3.05, 3.63) is 34.2 Å². The Morgan fingerprint density at radius 2 is 2.09 bits per heavy atom. The Kier molecular flexibility index (Phi) is 4.46. The zero-order valence-electron chi connectivity index (χ0n) is 12.2. The van der Waals surface area contributed by atoms with Gasteiger partial charge in [-0.1, -0.05) is 23.2 Å². The first kappa shape index (κ1) is 16.1. The van der Waals surface area contributed by atoms with Crippen LogP contribution in [0.1, 0.15) is 25.0 Å². The molecule has 3 heterocycles. The van der Waals surface area contributed by atoms with Gasteiger partial charge < -0.3 is 14.4 Å². The third-order valence-electron chi connectivity index (χ3n) is 3.96. The van der Waals surface area contributed by atoms with Gasteiger partial charge in [0.15, 0.2) is 5.65 Å². The summed E-state index contributed by atoms with van der Waals surface area (Å²) in [6.07, 6.45) is 5.52. The number of fused-ring (bicyclic) bond motifs is 1. The Morgan fingerprint density at radius 1 is 1.30 bits per heavy atom. The van der Waals surface area contributed by atoms with Crippen LogP contribution in [-0.2, 0) is 16.0 Å². The lowest BCUT2D eigenvalue weighted by Crippen LogP contribution is -2.48. The smallest absolute Gasteiger partial charge is 0.326 e. The van der Waals surface area contributed by atoms with Crippen molar-refractivity contribution in [1.82, 2.24) is 14.3 Å². The SMILES string of the molecule is O=C(O)C1CCCCN1C(=O)Cc1cn2cc(Cl)cc(Cl)c2n1. The van der Waals surface area contributed by atoms with Crippen molar-refractivity contribution in [2.75, 3.05) is 6.54 Å². The van der Waals surface area contributed by atoms with E-state index in [1.165, 1.54) is 4.90 Å². The fourth-order valence-electron chi connectivity index (χ4n) is 2.90. The molecule has 0 bridgehead atoms. The Labute approximate surface area is 142 Å². The maximum absolute atomic E-state index is 12.5. The summed E-state index contributed by atoms with van der Waals surface area (Å²) in [5.74, 6) is -1.19. The van der Waals surface area contributed by atoms with E-state index in [1.54, 1.807) is 22.9 Å². The molecule has 1 saturated heterocycles. The minimum atomic E-state index is -0.956. The second kappa shape index (κ2) is 6.37. The number of nitrogens with zero attached hydrogens (tertiary/aromatic N) is 3. The second-order valence-electron chi connectivity index (χ2n) is 5.58. The van der Waals surface area contributed by atoms with Gasteiger partial charge in [-0.05, 0) is 25.3 Å². The summed E-state index contributed by atoms with van der Waals surface area (Å²) in [6, 6.07) is 0.841. The standard InChI is InChI=1S/C15H15Cl2N3O3/c16-9-5-11(17)14-18-10(8-19(14)7-9)6-13(21)20-4-2-1-3-12(20)15(22)23/h5,7-8,12H,1-4,6H2,(H,22,23). The Balaban J connectivity index is 1.82. The van der Waals surface area contributed by atoms with Crippen LogP contribution in [0.25, 0.3) is 5.65 Å². The monoisotopic (exact) mass is 355 g/mol. The van der Waals surface area contributed by atoms with Crippen LogP contribution in [0.5, 0.6) is 0 Å². The molecular formula is C15H15Cl2N3O3. The quantitative estimate of drug-likeness (QED) is 0.918. The van der Waals surface area contributed by atoms with Gasteiger partial charge in [-0.2, -0.15) is 0 Å². The largest absolute Gasteiger partial charge is 0.480 e. The maximum Gasteiger partial charge on any atom is 0.326 e. The van der Waals surface area contributed by atoms with Crippen LogP contribution < -0.4 is 0 Å². The van der Waals surface area contributed by atoms with Crippen LogP contribution in [0.2, 0.25) is 10.0 Å². The number of hydrogen-bond acceptors (Lipinski definition) is 3. The fraction of sp³-hybridized carbons (Fsp3) is 0.400. The van der Waals surface area contributed by atoms with Gasteiger partial charge in [0.2, 0.25) is 5.91 Å². The number of hydrogen-bond donors (Lipinski definition) is 1. The van der Waals surface area contributed by atoms with Gasteiger partial charge in [0.05, 0.1) is 22.2 Å². The first-order valence-corrected chi connectivity index (χ1v) is 8.06. The molecule has 0 spiro atoms. The molecule has 0 radical (unpaired) electrons. The van der Waals surface area contributed by atoms with Crippen LogP contribution in [0.3, 0.4) is 0 Å². The summed E-state index contributed by atoms with van der Waals surface area (Å²) in [6.45, 7) is 0.468. The van der Waals surface area contributed by atoms with E-state index in [4.69, 9.17) is 23.2 Å². The van der Waals surface area contributed by atoms with Crippen molar-refractivity contribution in [3.8, 4) is 0 Å². The molecule has 3 rings (SSSR count). The van der Waals surface area contributed by atoms with Crippen LogP contribution >= 0.6 is 23.2 Å². The van der Waals surface area contributed by atoms with Crippen LogP contribution in [0, 0.1) is 0 Å². The number of pyridine rings is 1. The highest BCUT2D eigenvalue weighted by atomic mass is 35.5. The van der Waals surface area contributed by atoms with E-state index in [0.717, 1.165) is 12.8 Å². The van der Waals surface area contributed by atoms with E-state index >= 15 is 0 Å². The van der Waals surface area contributed by atoms with Gasteiger partial charge >= 0.3 is 5.97 Å². The Morgan fingerprint density at radius 3 is 2.83 bits per heavy atom. The summed E-state index contributed by atoms with van der Waals surface area (Å²) in [4.78, 5) is 29.5. The highest BCUT2D eigenvalue weighted by Gasteiger charge is 2.32. The third kappa shape index (κ3) is 3.28. The molecule has 0 aliphatic carbocycles. The van der Waals surface area contributed by atoms with Crippen LogP contribution in [0.4, 0.5) is 0 Å². The second-order valence-corrected chi connectivity index (χ2v) is 6.43. The van der Waals surface area contributed by atoms with Gasteiger partial charge in [-0.15, -0.1) is 0 Å². The lowest BCUT2D eigenvalue weighted by atomic mass is 10.0. The minimum absolute atomic E-state index is 0.0411. The molecule has 122 valence electrons. The minimum Gasteiger partial charge on any atom is -0.480 e. The lowest BCUT2D eigenvalue weighted by molar-refractivity contribution is -0.151. The average Bonchev–Trinajstić information content (AvgIpc) is 2.89. The molecule has 6 nitrogen and oxygen atoms in total. The van der Waals surface area contributed by atoms with E-state index in [-0.39, 0.29) is 12.3 Å². The van der Waals surface area contributed by atoms with E-state index in [1.807, 2.05) is 0 Å². The first-order valence-electron chi connectivity index (χ1n) is 7.30. The van der Waals surface area contributed by atoms with Crippen molar-refractivity contribution in [2.45, 2.75) is 31.7 Å². The average molecular weight is 356 g/mol. The lowest BCUT2D eigenvalue weighted by Gasteiger charge is -2.32. The highest BCUT2D eigenvalue weighted by molar-refractivity contribution is 6.36. The number of imidazole rings is 1. The zero-order chi connectivity index (χ0) is 16.6. The molecule has 1 aliphatic rings. The number of carboxylic acids is 1. The third-order valence-corrected chi connectivity index (χ3v) is 4.45. The molecule has 2 aromatic heterocycles.